The molecular weight excluding hydrogens is 182 g/mol. The van der Waals surface area contributed by atoms with E-state index in [0.717, 1.165) is 5.06 Å². The third-order valence-electron chi connectivity index (χ3n) is 1.60. The Morgan fingerprint density at radius 2 is 1.93 bits per heavy atom. The first-order valence-corrected chi connectivity index (χ1v) is 4.36. The van der Waals surface area contributed by atoms with Crippen LogP contribution in [0, 0.1) is 0 Å². The van der Waals surface area contributed by atoms with E-state index < -0.39 is 6.09 Å². The van der Waals surface area contributed by atoms with E-state index in [4.69, 9.17) is 9.94 Å². The van der Waals surface area contributed by atoms with Gasteiger partial charge in [0.05, 0.1) is 6.04 Å². The van der Waals surface area contributed by atoms with Gasteiger partial charge < -0.3 is 9.94 Å². The zero-order chi connectivity index (χ0) is 10.6. The summed E-state index contributed by atoms with van der Waals surface area (Å²) in [4.78, 5) is 15.9. The van der Waals surface area contributed by atoms with Crippen molar-refractivity contribution in [3.05, 3.63) is 30.3 Å². The summed E-state index contributed by atoms with van der Waals surface area (Å²) in [6, 6.07) is 8.61. The lowest BCUT2D eigenvalue weighted by Gasteiger charge is -2.22. The van der Waals surface area contributed by atoms with Crippen LogP contribution in [0.2, 0.25) is 0 Å². The average Bonchev–Trinajstić information content (AvgIpc) is 2.15. The highest BCUT2D eigenvalue weighted by Gasteiger charge is 2.17. The molecule has 1 aromatic carbocycles. The van der Waals surface area contributed by atoms with Gasteiger partial charge in [0.25, 0.3) is 0 Å². The topological polar surface area (TPSA) is 49.8 Å². The van der Waals surface area contributed by atoms with Crippen LogP contribution in [0.3, 0.4) is 0 Å². The van der Waals surface area contributed by atoms with Crippen molar-refractivity contribution in [3.8, 4) is 5.75 Å². The second kappa shape index (κ2) is 4.50. The first-order valence-electron chi connectivity index (χ1n) is 4.36. The molecule has 0 radical (unpaired) electrons. The Balaban J connectivity index is 2.70. The fraction of sp³-hybridized carbons (Fsp3) is 0.300. The Kier molecular flexibility index (Phi) is 3.34. The maximum Gasteiger partial charge on any atom is 0.440 e. The Labute approximate surface area is 82.7 Å². The van der Waals surface area contributed by atoms with E-state index >= 15 is 0 Å². The van der Waals surface area contributed by atoms with Gasteiger partial charge in [0.15, 0.2) is 5.75 Å². The summed E-state index contributed by atoms with van der Waals surface area (Å²) in [6.07, 6.45) is -1.09. The summed E-state index contributed by atoms with van der Waals surface area (Å²) in [5, 5.41) is 9.72. The summed E-state index contributed by atoms with van der Waals surface area (Å²) in [7, 11) is 0. The van der Waals surface area contributed by atoms with Gasteiger partial charge in [-0.3, -0.25) is 0 Å². The van der Waals surface area contributed by atoms with Crippen LogP contribution in [0.25, 0.3) is 0 Å². The van der Waals surface area contributed by atoms with E-state index in [1.54, 1.807) is 38.1 Å². The van der Waals surface area contributed by atoms with Crippen molar-refractivity contribution >= 4 is 6.09 Å². The van der Waals surface area contributed by atoms with Gasteiger partial charge in [-0.2, -0.15) is 0 Å². The fourth-order valence-electron chi connectivity index (χ4n) is 0.960. The van der Waals surface area contributed by atoms with Crippen LogP contribution in [0.4, 0.5) is 4.79 Å². The highest BCUT2D eigenvalue weighted by Crippen LogP contribution is 2.12. The number of carboxylic acid groups (broad SMARTS) is 1. The van der Waals surface area contributed by atoms with E-state index in [9.17, 15) is 4.79 Å². The lowest BCUT2D eigenvalue weighted by Crippen LogP contribution is -2.38. The lowest BCUT2D eigenvalue weighted by atomic mass is 10.3. The van der Waals surface area contributed by atoms with Crippen molar-refractivity contribution in [2.45, 2.75) is 19.9 Å². The largest absolute Gasteiger partial charge is 0.463 e. The number of carbonyl (C=O) groups is 1. The van der Waals surface area contributed by atoms with E-state index in [2.05, 4.69) is 0 Å². The molecule has 0 spiro atoms. The van der Waals surface area contributed by atoms with Crippen molar-refractivity contribution in [3.63, 3.8) is 0 Å². The SMILES string of the molecule is CC(C)N(Oc1ccccc1)C(=O)O. The summed E-state index contributed by atoms with van der Waals surface area (Å²) in [5.41, 5.74) is 0. The number of hydroxylamine groups is 2. The number of nitrogens with zero attached hydrogens (tertiary/aromatic N) is 1. The van der Waals surface area contributed by atoms with Crippen LogP contribution in [-0.4, -0.2) is 22.3 Å². The van der Waals surface area contributed by atoms with Gasteiger partial charge in [0.1, 0.15) is 0 Å². The molecule has 4 nitrogen and oxygen atoms in total. The zero-order valence-corrected chi connectivity index (χ0v) is 8.18. The molecular formula is C10H13NO3. The third kappa shape index (κ3) is 2.65. The quantitative estimate of drug-likeness (QED) is 0.753. The first kappa shape index (κ1) is 10.4. The van der Waals surface area contributed by atoms with E-state index in [1.165, 1.54) is 0 Å². The Morgan fingerprint density at radius 3 is 2.36 bits per heavy atom. The number of rotatable bonds is 3. The van der Waals surface area contributed by atoms with Gasteiger partial charge in [-0.05, 0) is 26.0 Å². The standard InChI is InChI=1S/C10H13NO3/c1-8(2)11(10(12)13)14-9-6-4-3-5-7-9/h3-8H,1-2H3,(H,12,13). The Hall–Kier alpha value is -1.71. The van der Waals surface area contributed by atoms with Crippen LogP contribution in [0.1, 0.15) is 13.8 Å². The van der Waals surface area contributed by atoms with Crippen LogP contribution in [-0.2, 0) is 0 Å². The van der Waals surface area contributed by atoms with Crippen LogP contribution in [0.5, 0.6) is 5.75 Å². The Bertz CT molecular complexity index is 297. The average molecular weight is 195 g/mol. The molecule has 4 heteroatoms. The molecule has 0 saturated heterocycles. The minimum atomic E-state index is -1.09. The molecule has 0 aliphatic carbocycles. The second-order valence-corrected chi connectivity index (χ2v) is 3.11. The van der Waals surface area contributed by atoms with Crippen molar-refractivity contribution < 1.29 is 14.7 Å². The molecule has 0 heterocycles. The summed E-state index contributed by atoms with van der Waals surface area (Å²) in [5.74, 6) is 0.517. The van der Waals surface area contributed by atoms with Crippen LogP contribution >= 0.6 is 0 Å². The highest BCUT2D eigenvalue weighted by molar-refractivity contribution is 5.64. The molecule has 0 atom stereocenters. The molecule has 0 aliphatic rings. The molecule has 1 N–H and O–H groups in total. The lowest BCUT2D eigenvalue weighted by molar-refractivity contribution is -0.0587. The molecule has 0 unspecified atom stereocenters. The van der Waals surface area contributed by atoms with E-state index in [-0.39, 0.29) is 6.04 Å². The van der Waals surface area contributed by atoms with Gasteiger partial charge in [-0.1, -0.05) is 18.2 Å². The normalized spacial score (nSPS) is 9.93. The monoisotopic (exact) mass is 195 g/mol. The van der Waals surface area contributed by atoms with Gasteiger partial charge >= 0.3 is 6.09 Å². The number of amides is 1. The highest BCUT2D eigenvalue weighted by atomic mass is 16.7. The van der Waals surface area contributed by atoms with Gasteiger partial charge in [0.2, 0.25) is 0 Å². The summed E-state index contributed by atoms with van der Waals surface area (Å²) in [6.45, 7) is 3.49. The number of para-hydroxylation sites is 1. The summed E-state index contributed by atoms with van der Waals surface area (Å²) >= 11 is 0. The maximum absolute atomic E-state index is 10.7. The zero-order valence-electron chi connectivity index (χ0n) is 8.18. The number of hydrogen-bond acceptors (Lipinski definition) is 2. The molecule has 0 aromatic heterocycles. The van der Waals surface area contributed by atoms with Crippen LogP contribution < -0.4 is 4.84 Å². The van der Waals surface area contributed by atoms with Gasteiger partial charge in [0, 0.05) is 0 Å². The minimum absolute atomic E-state index is 0.215. The second-order valence-electron chi connectivity index (χ2n) is 3.11. The number of hydrogen-bond donors (Lipinski definition) is 1. The molecule has 1 amide bonds. The molecule has 0 aliphatic heterocycles. The van der Waals surface area contributed by atoms with Crippen molar-refractivity contribution in [1.82, 2.24) is 5.06 Å². The van der Waals surface area contributed by atoms with Crippen molar-refractivity contribution in [2.75, 3.05) is 0 Å². The molecule has 0 saturated carbocycles. The Morgan fingerprint density at radius 1 is 1.36 bits per heavy atom. The number of benzene rings is 1. The molecule has 0 bridgehead atoms. The summed E-state index contributed by atoms with van der Waals surface area (Å²) < 4.78 is 0. The van der Waals surface area contributed by atoms with Gasteiger partial charge in [-0.15, -0.1) is 5.06 Å². The van der Waals surface area contributed by atoms with E-state index in [1.807, 2.05) is 6.07 Å². The van der Waals surface area contributed by atoms with Crippen molar-refractivity contribution in [1.29, 1.82) is 0 Å². The van der Waals surface area contributed by atoms with Gasteiger partial charge in [-0.25, -0.2) is 4.79 Å². The van der Waals surface area contributed by atoms with E-state index in [0.29, 0.717) is 5.75 Å². The first-order chi connectivity index (χ1) is 6.61. The molecule has 0 fully saturated rings. The van der Waals surface area contributed by atoms with Crippen LogP contribution in [0.15, 0.2) is 30.3 Å². The molecule has 14 heavy (non-hydrogen) atoms. The third-order valence-corrected chi connectivity index (χ3v) is 1.60. The molecule has 1 rings (SSSR count). The smallest absolute Gasteiger partial charge is 0.440 e. The predicted molar refractivity (Wildman–Crippen MR) is 52.1 cm³/mol. The maximum atomic E-state index is 10.7. The molecule has 1 aromatic rings. The minimum Gasteiger partial charge on any atom is -0.463 e. The van der Waals surface area contributed by atoms with Crippen molar-refractivity contribution in [2.24, 2.45) is 0 Å². The molecule has 76 valence electrons. The predicted octanol–water partition coefficient (Wildman–Crippen LogP) is 2.37. The fourth-order valence-corrected chi connectivity index (χ4v) is 0.960.